The van der Waals surface area contributed by atoms with Gasteiger partial charge in [0.2, 0.25) is 0 Å². The molecule has 0 bridgehead atoms. The van der Waals surface area contributed by atoms with Gasteiger partial charge in [-0.1, -0.05) is 24.3 Å². The number of nitrogens with zero attached hydrogens (tertiary/aromatic N) is 1. The Bertz CT molecular complexity index is 886. The zero-order valence-electron chi connectivity index (χ0n) is 11.4. The van der Waals surface area contributed by atoms with Gasteiger partial charge in [0.25, 0.3) is 15.9 Å². The highest BCUT2D eigenvalue weighted by atomic mass is 32.2. The number of amides is 1. The minimum atomic E-state index is -3.82. The number of ether oxygens (including phenoxy) is 1. The normalized spacial score (nSPS) is 15.0. The Balaban J connectivity index is 1.99. The number of carbonyl (C=O) groups is 2. The average molecular weight is 320 g/mol. The van der Waals surface area contributed by atoms with E-state index in [1.165, 1.54) is 6.07 Å². The van der Waals surface area contributed by atoms with Crippen LogP contribution in [-0.2, 0) is 24.3 Å². The number of carbonyl (C=O) groups excluding carboxylic acids is 2. The maximum absolute atomic E-state index is 12.6. The lowest BCUT2D eigenvalue weighted by molar-refractivity contribution is -0.146. The molecule has 0 unspecified atom stereocenters. The van der Waals surface area contributed by atoms with Gasteiger partial charge in [-0.05, 0) is 17.5 Å². The highest BCUT2D eigenvalue weighted by Gasteiger charge is 2.36. The summed E-state index contributed by atoms with van der Waals surface area (Å²) in [5, 5.41) is 1.35. The molecule has 0 atom stereocenters. The smallest absolute Gasteiger partial charge is 0.327 e. The molecule has 114 valence electrons. The SMILES string of the molecule is NC(=O)COC(=O)CN1c2cccc3cccc(c23)S1(=O)=O. The summed E-state index contributed by atoms with van der Waals surface area (Å²) >= 11 is 0. The van der Waals surface area contributed by atoms with Gasteiger partial charge in [-0.2, -0.15) is 0 Å². The van der Waals surface area contributed by atoms with E-state index in [0.717, 1.165) is 9.69 Å². The Labute approximate surface area is 126 Å². The van der Waals surface area contributed by atoms with E-state index in [9.17, 15) is 18.0 Å². The summed E-state index contributed by atoms with van der Waals surface area (Å²) in [6, 6.07) is 10.1. The summed E-state index contributed by atoms with van der Waals surface area (Å²) in [7, 11) is -3.82. The van der Waals surface area contributed by atoms with Crippen LogP contribution < -0.4 is 10.0 Å². The van der Waals surface area contributed by atoms with Gasteiger partial charge in [0.15, 0.2) is 6.61 Å². The summed E-state index contributed by atoms with van der Waals surface area (Å²) in [6.45, 7) is -1.09. The molecule has 0 saturated carbocycles. The second-order valence-corrected chi connectivity index (χ2v) is 6.60. The second-order valence-electron chi connectivity index (χ2n) is 4.77. The number of hydrogen-bond donors (Lipinski definition) is 1. The van der Waals surface area contributed by atoms with Gasteiger partial charge >= 0.3 is 5.97 Å². The van der Waals surface area contributed by atoms with Crippen LogP contribution >= 0.6 is 0 Å². The molecule has 22 heavy (non-hydrogen) atoms. The van der Waals surface area contributed by atoms with Gasteiger partial charge in [-0.15, -0.1) is 0 Å². The summed E-state index contributed by atoms with van der Waals surface area (Å²) < 4.78 is 30.7. The largest absolute Gasteiger partial charge is 0.454 e. The number of benzene rings is 2. The van der Waals surface area contributed by atoms with E-state index >= 15 is 0 Å². The molecule has 0 saturated heterocycles. The van der Waals surface area contributed by atoms with Crippen LogP contribution in [0.25, 0.3) is 10.8 Å². The Morgan fingerprint density at radius 3 is 2.50 bits per heavy atom. The summed E-state index contributed by atoms with van der Waals surface area (Å²) in [5.74, 6) is -1.64. The molecule has 7 nitrogen and oxygen atoms in total. The number of hydrogen-bond acceptors (Lipinski definition) is 5. The summed E-state index contributed by atoms with van der Waals surface area (Å²) in [5.41, 5.74) is 5.31. The third-order valence-electron chi connectivity index (χ3n) is 3.33. The predicted molar refractivity (Wildman–Crippen MR) is 78.6 cm³/mol. The van der Waals surface area contributed by atoms with E-state index in [-0.39, 0.29) is 4.90 Å². The van der Waals surface area contributed by atoms with Crippen molar-refractivity contribution in [2.45, 2.75) is 4.90 Å². The molecule has 1 aliphatic rings. The quantitative estimate of drug-likeness (QED) is 0.819. The highest BCUT2D eigenvalue weighted by Crippen LogP contribution is 2.41. The lowest BCUT2D eigenvalue weighted by Crippen LogP contribution is -2.34. The molecule has 1 heterocycles. The molecule has 0 fully saturated rings. The van der Waals surface area contributed by atoms with E-state index in [1.807, 2.05) is 0 Å². The van der Waals surface area contributed by atoms with Gasteiger partial charge in [0.1, 0.15) is 6.54 Å². The molecule has 0 spiro atoms. The third kappa shape index (κ3) is 2.17. The lowest BCUT2D eigenvalue weighted by Gasteiger charge is -2.17. The first kappa shape index (κ1) is 14.3. The zero-order valence-corrected chi connectivity index (χ0v) is 12.2. The Hall–Kier alpha value is -2.61. The monoisotopic (exact) mass is 320 g/mol. The highest BCUT2D eigenvalue weighted by molar-refractivity contribution is 7.93. The Morgan fingerprint density at radius 2 is 1.82 bits per heavy atom. The number of esters is 1. The fourth-order valence-corrected chi connectivity index (χ4v) is 4.10. The minimum Gasteiger partial charge on any atom is -0.454 e. The van der Waals surface area contributed by atoms with Crippen molar-refractivity contribution in [1.82, 2.24) is 0 Å². The first-order chi connectivity index (χ1) is 10.4. The fourth-order valence-electron chi connectivity index (χ4n) is 2.44. The van der Waals surface area contributed by atoms with Crippen molar-refractivity contribution in [2.75, 3.05) is 17.5 Å². The third-order valence-corrected chi connectivity index (χ3v) is 5.13. The van der Waals surface area contributed by atoms with Gasteiger partial charge in [-0.3, -0.25) is 13.9 Å². The van der Waals surface area contributed by atoms with Gasteiger partial charge < -0.3 is 10.5 Å². The van der Waals surface area contributed by atoms with Crippen molar-refractivity contribution in [3.8, 4) is 0 Å². The van der Waals surface area contributed by atoms with Crippen LogP contribution in [0.4, 0.5) is 5.69 Å². The molecule has 2 aromatic rings. The molecule has 2 N–H and O–H groups in total. The van der Waals surface area contributed by atoms with Gasteiger partial charge in [0, 0.05) is 5.39 Å². The van der Waals surface area contributed by atoms with Crippen molar-refractivity contribution < 1.29 is 22.7 Å². The van der Waals surface area contributed by atoms with E-state index in [4.69, 9.17) is 5.73 Å². The van der Waals surface area contributed by atoms with Crippen LogP contribution in [0.2, 0.25) is 0 Å². The van der Waals surface area contributed by atoms with Gasteiger partial charge in [0.05, 0.1) is 10.6 Å². The van der Waals surface area contributed by atoms with Crippen LogP contribution in [-0.4, -0.2) is 33.4 Å². The number of sulfonamides is 1. The van der Waals surface area contributed by atoms with Crippen molar-refractivity contribution in [3.05, 3.63) is 36.4 Å². The van der Waals surface area contributed by atoms with Crippen LogP contribution in [0.1, 0.15) is 0 Å². The van der Waals surface area contributed by atoms with E-state index < -0.39 is 35.1 Å². The van der Waals surface area contributed by atoms with Crippen LogP contribution in [0, 0.1) is 0 Å². The van der Waals surface area contributed by atoms with Crippen LogP contribution in [0.3, 0.4) is 0 Å². The standard InChI is InChI=1S/C14H12N2O5S/c15-12(17)8-21-13(18)7-16-10-5-1-3-9-4-2-6-11(14(9)10)22(16,19)20/h1-6H,7-8H2,(H2,15,17). The Kier molecular flexibility index (Phi) is 3.25. The second kappa shape index (κ2) is 4.99. The molecule has 1 aliphatic heterocycles. The molecule has 8 heteroatoms. The minimum absolute atomic E-state index is 0.156. The predicted octanol–water partition coefficient (Wildman–Crippen LogP) is 0.377. The topological polar surface area (TPSA) is 107 Å². The maximum atomic E-state index is 12.6. The van der Waals surface area contributed by atoms with E-state index in [0.29, 0.717) is 11.1 Å². The van der Waals surface area contributed by atoms with Crippen molar-refractivity contribution in [3.63, 3.8) is 0 Å². The lowest BCUT2D eigenvalue weighted by atomic mass is 10.1. The molecule has 0 aromatic heterocycles. The summed E-state index contributed by atoms with van der Waals surface area (Å²) in [6.07, 6.45) is 0. The van der Waals surface area contributed by atoms with Crippen molar-refractivity contribution >= 4 is 38.4 Å². The van der Waals surface area contributed by atoms with Crippen LogP contribution in [0.5, 0.6) is 0 Å². The van der Waals surface area contributed by atoms with Crippen molar-refractivity contribution in [2.24, 2.45) is 5.73 Å². The van der Waals surface area contributed by atoms with Crippen molar-refractivity contribution in [1.29, 1.82) is 0 Å². The molecule has 0 radical (unpaired) electrons. The number of primary amides is 1. The molecular formula is C14H12N2O5S. The molecule has 0 aliphatic carbocycles. The first-order valence-corrected chi connectivity index (χ1v) is 7.83. The first-order valence-electron chi connectivity index (χ1n) is 6.39. The Morgan fingerprint density at radius 1 is 1.14 bits per heavy atom. The summed E-state index contributed by atoms with van der Waals surface area (Å²) in [4.78, 5) is 22.5. The van der Waals surface area contributed by atoms with E-state index in [1.54, 1.807) is 30.3 Å². The van der Waals surface area contributed by atoms with Crippen LogP contribution in [0.15, 0.2) is 41.3 Å². The zero-order chi connectivity index (χ0) is 15.9. The number of rotatable bonds is 4. The fraction of sp³-hybridized carbons (Fsp3) is 0.143. The van der Waals surface area contributed by atoms with Gasteiger partial charge in [-0.25, -0.2) is 8.42 Å². The number of nitrogens with two attached hydrogens (primary N) is 1. The molecule has 1 amide bonds. The van der Waals surface area contributed by atoms with E-state index in [2.05, 4.69) is 4.74 Å². The molecule has 3 rings (SSSR count). The number of anilines is 1. The molecular weight excluding hydrogens is 308 g/mol. The maximum Gasteiger partial charge on any atom is 0.327 e. The molecule has 2 aromatic carbocycles. The average Bonchev–Trinajstić information content (AvgIpc) is 2.69.